The quantitative estimate of drug-likeness (QED) is 0.296. The molecule has 1 fully saturated rings. The highest BCUT2D eigenvalue weighted by atomic mass is 32.9. The van der Waals surface area contributed by atoms with Gasteiger partial charge in [-0.1, -0.05) is 31.5 Å². The molecular weight excluding hydrogens is 317 g/mol. The van der Waals surface area contributed by atoms with Gasteiger partial charge in [0.05, 0.1) is 0 Å². The van der Waals surface area contributed by atoms with Crippen molar-refractivity contribution in [3.63, 3.8) is 0 Å². The van der Waals surface area contributed by atoms with E-state index < -0.39 is 5.69 Å². The molecule has 0 amide bonds. The molecule has 0 unspecified atom stereocenters. The number of rotatable bonds is 0. The van der Waals surface area contributed by atoms with Crippen LogP contribution in [0.25, 0.3) is 0 Å². The van der Waals surface area contributed by atoms with Crippen LogP contribution in [0.3, 0.4) is 0 Å². The van der Waals surface area contributed by atoms with E-state index in [-0.39, 0.29) is 12.2 Å². The Bertz CT molecular complexity index is 212. The van der Waals surface area contributed by atoms with Crippen molar-refractivity contribution in [2.24, 2.45) is 5.73 Å². The normalized spacial score (nSPS) is 15.4. The van der Waals surface area contributed by atoms with Gasteiger partial charge >= 0.3 is 0 Å². The Kier molecular flexibility index (Phi) is 20.8. The minimum atomic E-state index is -3.11. The van der Waals surface area contributed by atoms with Crippen molar-refractivity contribution in [2.45, 2.75) is 78.0 Å². The van der Waals surface area contributed by atoms with Gasteiger partial charge < -0.3 is 25.7 Å². The first-order valence-electron chi connectivity index (χ1n) is 6.76. The predicted molar refractivity (Wildman–Crippen MR) is 93.5 cm³/mol. The molecule has 0 heterocycles. The molecule has 0 aromatic heterocycles. The number of nitrogens with two attached hydrogens (primary N) is 1. The van der Waals surface area contributed by atoms with Crippen LogP contribution in [0.1, 0.15) is 59.8 Å². The van der Waals surface area contributed by atoms with Gasteiger partial charge in [-0.05, 0) is 52.3 Å². The van der Waals surface area contributed by atoms with Crippen molar-refractivity contribution in [2.75, 3.05) is 0 Å². The third kappa shape index (κ3) is 76.9. The summed E-state index contributed by atoms with van der Waals surface area (Å²) in [5, 5.41) is 16.1. The lowest BCUT2D eigenvalue weighted by Crippen LogP contribution is -2.22. The van der Waals surface area contributed by atoms with E-state index in [0.717, 1.165) is 0 Å². The summed E-state index contributed by atoms with van der Waals surface area (Å²) >= 11 is 7.07. The van der Waals surface area contributed by atoms with Crippen molar-refractivity contribution in [3.05, 3.63) is 0 Å². The number of thiol groups is 1. The lowest BCUT2D eigenvalue weighted by atomic mass is 9.97. The van der Waals surface area contributed by atoms with Crippen molar-refractivity contribution in [3.8, 4) is 0 Å². The molecule has 1 aliphatic rings. The topological polar surface area (TPSA) is 107 Å². The third-order valence-corrected chi connectivity index (χ3v) is 1.65. The molecule has 5 nitrogen and oxygen atoms in total. The van der Waals surface area contributed by atoms with E-state index in [2.05, 4.69) is 24.1 Å². The maximum atomic E-state index is 8.06. The molecule has 0 atom stereocenters. The first-order valence-corrected chi connectivity index (χ1v) is 10.6. The second kappa shape index (κ2) is 16.2. The summed E-state index contributed by atoms with van der Waals surface area (Å²) in [7, 11) is 0. The molecule has 0 aromatic carbocycles. The fourth-order valence-electron chi connectivity index (χ4n) is 1.13. The van der Waals surface area contributed by atoms with Gasteiger partial charge in [0.15, 0.2) is 0 Å². The Labute approximate surface area is 133 Å². The van der Waals surface area contributed by atoms with Gasteiger partial charge in [0.25, 0.3) is 0 Å². The van der Waals surface area contributed by atoms with Crippen LogP contribution in [0.15, 0.2) is 0 Å². The van der Waals surface area contributed by atoms with E-state index in [4.69, 9.17) is 25.7 Å². The average Bonchev–Trinajstić information content (AvgIpc) is 2.13. The molecule has 20 heavy (non-hydrogen) atoms. The minimum Gasteiger partial charge on any atom is -0.394 e. The molecule has 126 valence electrons. The predicted octanol–water partition coefficient (Wildman–Crippen LogP) is 2.18. The van der Waals surface area contributed by atoms with Crippen LogP contribution in [0.4, 0.5) is 0 Å². The van der Waals surface area contributed by atoms with E-state index in [1.165, 1.54) is 32.1 Å². The molecule has 1 rings (SSSR count). The standard InChI is InChI=1S/C6H13N.2C3H8O.H3O2PS2/c7-6-4-2-1-3-5-6;2*1-3(2)4;1-3(2,4)5/h6H,1-5,7H2;2*3-4H,1-2H3;(H3,1,2,4,5). The molecule has 1 saturated carbocycles. The van der Waals surface area contributed by atoms with E-state index in [9.17, 15) is 0 Å². The molecule has 0 saturated heterocycles. The number of aliphatic hydroxyl groups is 2. The van der Waals surface area contributed by atoms with Crippen molar-refractivity contribution in [1.82, 2.24) is 0 Å². The molecule has 0 aliphatic heterocycles. The first kappa shape index (κ1) is 25.7. The Hall–Kier alpha value is 0.800. The molecule has 0 bridgehead atoms. The maximum absolute atomic E-state index is 8.06. The van der Waals surface area contributed by atoms with Gasteiger partial charge in [0.1, 0.15) is 0 Å². The second-order valence-electron chi connectivity index (χ2n) is 5.10. The largest absolute Gasteiger partial charge is 0.394 e. The van der Waals surface area contributed by atoms with Gasteiger partial charge in [-0.25, -0.2) is 0 Å². The van der Waals surface area contributed by atoms with Gasteiger partial charge in [-0.2, -0.15) is 0 Å². The van der Waals surface area contributed by atoms with Crippen molar-refractivity contribution >= 4 is 29.7 Å². The molecule has 8 heteroatoms. The zero-order valence-corrected chi connectivity index (χ0v) is 15.5. The number of hydrogen-bond donors (Lipinski definition) is 6. The Balaban J connectivity index is -0.000000201. The average molecular weight is 349 g/mol. The lowest BCUT2D eigenvalue weighted by molar-refractivity contribution is 0.215. The van der Waals surface area contributed by atoms with E-state index in [1.54, 1.807) is 27.7 Å². The summed E-state index contributed by atoms with van der Waals surface area (Å²) in [6.07, 6.45) is 6.33. The molecule has 6 N–H and O–H groups in total. The van der Waals surface area contributed by atoms with E-state index >= 15 is 0 Å². The summed E-state index contributed by atoms with van der Waals surface area (Å²) in [6, 6.07) is 0.536. The van der Waals surface area contributed by atoms with Crippen LogP contribution in [-0.4, -0.2) is 38.2 Å². The van der Waals surface area contributed by atoms with Gasteiger partial charge in [0.2, 0.25) is 5.69 Å². The second-order valence-corrected chi connectivity index (χ2v) is 10.1. The van der Waals surface area contributed by atoms with Crippen LogP contribution in [0.5, 0.6) is 0 Å². The highest BCUT2D eigenvalue weighted by molar-refractivity contribution is 8.59. The number of aliphatic hydroxyl groups excluding tert-OH is 2. The summed E-state index contributed by atoms with van der Waals surface area (Å²) < 4.78 is 0. The Morgan fingerprint density at radius 1 is 1.00 bits per heavy atom. The van der Waals surface area contributed by atoms with Crippen LogP contribution >= 0.6 is 17.9 Å². The molecule has 0 radical (unpaired) electrons. The van der Waals surface area contributed by atoms with Crippen LogP contribution in [0, 0.1) is 0 Å². The zero-order chi connectivity index (χ0) is 16.8. The van der Waals surface area contributed by atoms with E-state index in [0.29, 0.717) is 6.04 Å². The zero-order valence-electron chi connectivity index (χ0n) is 12.9. The van der Waals surface area contributed by atoms with Crippen molar-refractivity contribution in [1.29, 1.82) is 0 Å². The lowest BCUT2D eigenvalue weighted by Gasteiger charge is -2.15. The molecular formula is C12H32NO4PS2. The smallest absolute Gasteiger partial charge is 0.239 e. The highest BCUT2D eigenvalue weighted by Gasteiger charge is 2.06. The summed E-state index contributed by atoms with van der Waals surface area (Å²) in [5.41, 5.74) is 2.52. The van der Waals surface area contributed by atoms with Gasteiger partial charge in [-0.3, -0.25) is 0 Å². The summed E-state index contributed by atoms with van der Waals surface area (Å²) in [4.78, 5) is 15.7. The van der Waals surface area contributed by atoms with Gasteiger partial charge in [-0.15, -0.1) is 0 Å². The highest BCUT2D eigenvalue weighted by Crippen LogP contribution is 2.39. The molecule has 0 spiro atoms. The van der Waals surface area contributed by atoms with Crippen LogP contribution < -0.4 is 5.73 Å². The summed E-state index contributed by atoms with van der Waals surface area (Å²) in [6.45, 7) is 6.89. The van der Waals surface area contributed by atoms with Gasteiger partial charge in [0, 0.05) is 18.2 Å². The monoisotopic (exact) mass is 349 g/mol. The molecule has 0 aromatic rings. The van der Waals surface area contributed by atoms with Crippen molar-refractivity contribution < 1.29 is 20.0 Å². The summed E-state index contributed by atoms with van der Waals surface area (Å²) in [5.74, 6) is 0. The molecule has 1 aliphatic carbocycles. The Morgan fingerprint density at radius 2 is 1.20 bits per heavy atom. The SMILES string of the molecule is CC(C)O.CC(C)O.NC1CCCCC1.OP(O)(=S)S. The minimum absolute atomic E-state index is 0.167. The third-order valence-electron chi connectivity index (χ3n) is 1.65. The maximum Gasteiger partial charge on any atom is 0.239 e. The van der Waals surface area contributed by atoms with Crippen LogP contribution in [0.2, 0.25) is 0 Å². The fourth-order valence-corrected chi connectivity index (χ4v) is 1.13. The number of hydrogen-bond acceptors (Lipinski definition) is 4. The van der Waals surface area contributed by atoms with E-state index in [1.807, 2.05) is 0 Å². The fraction of sp³-hybridized carbons (Fsp3) is 1.00. The Morgan fingerprint density at radius 3 is 1.30 bits per heavy atom. The van der Waals surface area contributed by atoms with Crippen LogP contribution in [-0.2, 0) is 11.8 Å². The first-order chi connectivity index (χ1) is 8.86.